The number of hydrogen-bond donors (Lipinski definition) is 0. The van der Waals surface area contributed by atoms with E-state index < -0.39 is 17.0 Å². The summed E-state index contributed by atoms with van der Waals surface area (Å²) >= 11 is 0. The maximum Gasteiger partial charge on any atom is 0.309 e. The van der Waals surface area contributed by atoms with E-state index in [-0.39, 0.29) is 35.7 Å². The number of esters is 1. The number of benzene rings is 2. The van der Waals surface area contributed by atoms with Gasteiger partial charge in [-0.3, -0.25) is 9.59 Å². The lowest BCUT2D eigenvalue weighted by atomic mass is 9.92. The highest BCUT2D eigenvalue weighted by Gasteiger charge is 2.29. The highest BCUT2D eigenvalue weighted by atomic mass is 19.1. The number of amides is 1. The zero-order valence-electron chi connectivity index (χ0n) is 27.4. The zero-order chi connectivity index (χ0) is 33.0. The topological polar surface area (TPSA) is 72.0 Å². The van der Waals surface area contributed by atoms with Crippen molar-refractivity contribution in [3.8, 4) is 17.0 Å². The lowest BCUT2D eigenvalue weighted by Gasteiger charge is -2.32. The first-order valence-corrected chi connectivity index (χ1v) is 16.0. The van der Waals surface area contributed by atoms with E-state index in [1.165, 1.54) is 11.6 Å². The van der Waals surface area contributed by atoms with E-state index in [0.29, 0.717) is 57.1 Å². The Labute approximate surface area is 270 Å². The van der Waals surface area contributed by atoms with E-state index in [1.54, 1.807) is 13.0 Å². The summed E-state index contributed by atoms with van der Waals surface area (Å²) in [5, 5.41) is 0. The Morgan fingerprint density at radius 3 is 2.43 bits per heavy atom. The number of ether oxygens (including phenoxy) is 2. The number of pyridine rings is 1. The maximum atomic E-state index is 15.2. The lowest BCUT2D eigenvalue weighted by molar-refractivity contribution is -0.148. The number of nitrogens with zero attached hydrogens (tertiary/aromatic N) is 3. The van der Waals surface area contributed by atoms with Gasteiger partial charge in [-0.2, -0.15) is 0 Å². The third-order valence-electron chi connectivity index (χ3n) is 8.68. The number of halogens is 2. The molecular weight excluding hydrogens is 588 g/mol. The minimum Gasteiger partial charge on any atom is -0.485 e. The molecule has 0 saturated carbocycles. The molecule has 2 aliphatic rings. The van der Waals surface area contributed by atoms with Crippen LogP contribution in [-0.2, 0) is 20.9 Å². The Kier molecular flexibility index (Phi) is 10.1. The van der Waals surface area contributed by atoms with Crippen molar-refractivity contribution in [1.29, 1.82) is 0 Å². The molecule has 5 rings (SSSR count). The molecule has 3 heterocycles. The fraction of sp³-hybridized carbons (Fsp3) is 0.432. The van der Waals surface area contributed by atoms with Gasteiger partial charge in [0.1, 0.15) is 18.2 Å². The Balaban J connectivity index is 1.29. The zero-order valence-corrected chi connectivity index (χ0v) is 27.4. The molecule has 2 aliphatic heterocycles. The number of carbonyl (C=O) groups excluding carboxylic acids is 2. The van der Waals surface area contributed by atoms with Crippen LogP contribution in [0.2, 0.25) is 0 Å². The molecule has 244 valence electrons. The minimum atomic E-state index is -0.798. The third-order valence-corrected chi connectivity index (χ3v) is 8.68. The van der Waals surface area contributed by atoms with Gasteiger partial charge in [0.15, 0.2) is 11.6 Å². The molecule has 2 aromatic carbocycles. The summed E-state index contributed by atoms with van der Waals surface area (Å²) in [7, 11) is 0. The summed E-state index contributed by atoms with van der Waals surface area (Å²) in [6, 6.07) is 13.5. The third kappa shape index (κ3) is 7.57. The molecule has 0 spiro atoms. The first-order chi connectivity index (χ1) is 21.9. The highest BCUT2D eigenvalue weighted by molar-refractivity contribution is 5.83. The lowest BCUT2D eigenvalue weighted by Crippen LogP contribution is -2.41. The van der Waals surface area contributed by atoms with E-state index in [4.69, 9.17) is 14.5 Å². The molecule has 1 saturated heterocycles. The summed E-state index contributed by atoms with van der Waals surface area (Å²) < 4.78 is 40.9. The molecule has 1 fully saturated rings. The molecule has 7 nitrogen and oxygen atoms in total. The van der Waals surface area contributed by atoms with E-state index in [2.05, 4.69) is 17.0 Å². The molecule has 9 heteroatoms. The van der Waals surface area contributed by atoms with Gasteiger partial charge < -0.3 is 19.3 Å². The number of piperidine rings is 1. The van der Waals surface area contributed by atoms with Gasteiger partial charge in [-0.05, 0) is 73.6 Å². The second-order valence-corrected chi connectivity index (χ2v) is 13.1. The average molecular weight is 632 g/mol. The van der Waals surface area contributed by atoms with Crippen molar-refractivity contribution in [2.75, 3.05) is 37.7 Å². The number of anilines is 1. The summed E-state index contributed by atoms with van der Waals surface area (Å²) in [6.45, 7) is 12.6. The van der Waals surface area contributed by atoms with Crippen LogP contribution in [0.15, 0.2) is 54.6 Å². The van der Waals surface area contributed by atoms with Crippen LogP contribution in [0.5, 0.6) is 5.75 Å². The summed E-state index contributed by atoms with van der Waals surface area (Å²) in [4.78, 5) is 33.5. The van der Waals surface area contributed by atoms with Crippen LogP contribution in [0, 0.1) is 29.9 Å². The highest BCUT2D eigenvalue weighted by Crippen LogP contribution is 2.35. The average Bonchev–Trinajstić information content (AvgIpc) is 3.04. The van der Waals surface area contributed by atoms with E-state index in [1.807, 2.05) is 56.9 Å². The second kappa shape index (κ2) is 14.0. The normalized spacial score (nSPS) is 15.8. The van der Waals surface area contributed by atoms with Gasteiger partial charge in [-0.1, -0.05) is 51.1 Å². The minimum absolute atomic E-state index is 0.0610. The molecule has 0 N–H and O–H groups in total. The van der Waals surface area contributed by atoms with Crippen LogP contribution in [0.4, 0.5) is 14.6 Å². The smallest absolute Gasteiger partial charge is 0.309 e. The van der Waals surface area contributed by atoms with Gasteiger partial charge in [-0.25, -0.2) is 13.8 Å². The van der Waals surface area contributed by atoms with Crippen molar-refractivity contribution >= 4 is 23.3 Å². The van der Waals surface area contributed by atoms with Crippen molar-refractivity contribution in [2.24, 2.45) is 11.3 Å². The molecule has 0 bridgehead atoms. The standard InChI is InChI=1S/C37H43F2N3O4/c1-6-45-35(43)26-14-16-41(17-15-26)33-9-7-8-32(40-33)30-21-29(38)22-31(39)34(30)46-23-28-11-10-27(20-24(28)2)25-12-18-42(19-13-25)36(44)37(3,4)5/h7-12,20-22,26H,6,13-19,23H2,1-5H3. The van der Waals surface area contributed by atoms with Crippen LogP contribution in [0.1, 0.15) is 63.6 Å². The Bertz CT molecular complexity index is 1620. The van der Waals surface area contributed by atoms with Crippen LogP contribution >= 0.6 is 0 Å². The van der Waals surface area contributed by atoms with Gasteiger partial charge in [-0.15, -0.1) is 0 Å². The van der Waals surface area contributed by atoms with Crippen LogP contribution < -0.4 is 9.64 Å². The number of aromatic nitrogens is 1. The van der Waals surface area contributed by atoms with E-state index in [0.717, 1.165) is 29.2 Å². The van der Waals surface area contributed by atoms with Crippen LogP contribution in [-0.4, -0.2) is 54.5 Å². The Morgan fingerprint density at radius 2 is 1.78 bits per heavy atom. The monoisotopic (exact) mass is 631 g/mol. The molecule has 1 aromatic heterocycles. The van der Waals surface area contributed by atoms with Crippen molar-refractivity contribution in [1.82, 2.24) is 9.88 Å². The van der Waals surface area contributed by atoms with E-state index >= 15 is 4.39 Å². The SMILES string of the molecule is CCOC(=O)C1CCN(c2cccc(-c3cc(F)cc(F)c3OCc3ccc(C4=CCN(C(=O)C(C)(C)C)CC4)cc3C)n2)CC1. The molecule has 3 aromatic rings. The van der Waals surface area contributed by atoms with Gasteiger partial charge in [0.2, 0.25) is 5.91 Å². The van der Waals surface area contributed by atoms with Gasteiger partial charge >= 0.3 is 5.97 Å². The summed E-state index contributed by atoms with van der Waals surface area (Å²) in [5.74, 6) is -1.06. The van der Waals surface area contributed by atoms with Crippen LogP contribution in [0.25, 0.3) is 16.8 Å². The predicted molar refractivity (Wildman–Crippen MR) is 175 cm³/mol. The maximum absolute atomic E-state index is 15.2. The number of rotatable bonds is 8. The molecule has 0 aliphatic carbocycles. The van der Waals surface area contributed by atoms with Crippen molar-refractivity contribution in [2.45, 2.75) is 60.5 Å². The first kappa shape index (κ1) is 33.1. The summed E-state index contributed by atoms with van der Waals surface area (Å²) in [6.07, 6.45) is 4.19. The Hall–Kier alpha value is -4.27. The molecule has 0 unspecified atom stereocenters. The number of hydrogen-bond acceptors (Lipinski definition) is 6. The van der Waals surface area contributed by atoms with Gasteiger partial charge in [0.25, 0.3) is 0 Å². The number of aryl methyl sites for hydroxylation is 1. The molecule has 1 amide bonds. The molecule has 46 heavy (non-hydrogen) atoms. The second-order valence-electron chi connectivity index (χ2n) is 13.1. The molecular formula is C37H43F2N3O4. The van der Waals surface area contributed by atoms with Crippen LogP contribution in [0.3, 0.4) is 0 Å². The largest absolute Gasteiger partial charge is 0.485 e. The summed E-state index contributed by atoms with van der Waals surface area (Å²) in [5.41, 5.74) is 4.37. The fourth-order valence-corrected chi connectivity index (χ4v) is 6.05. The Morgan fingerprint density at radius 1 is 1.02 bits per heavy atom. The van der Waals surface area contributed by atoms with Gasteiger partial charge in [0, 0.05) is 43.2 Å². The van der Waals surface area contributed by atoms with Gasteiger partial charge in [0.05, 0.1) is 18.2 Å². The van der Waals surface area contributed by atoms with Crippen molar-refractivity contribution in [3.63, 3.8) is 0 Å². The molecule has 0 atom stereocenters. The van der Waals surface area contributed by atoms with E-state index in [9.17, 15) is 14.0 Å². The fourth-order valence-electron chi connectivity index (χ4n) is 6.05. The quantitative estimate of drug-likeness (QED) is 0.242. The van der Waals surface area contributed by atoms with Crippen molar-refractivity contribution < 1.29 is 27.8 Å². The van der Waals surface area contributed by atoms with Crippen molar-refractivity contribution in [3.05, 3.63) is 82.9 Å². The first-order valence-electron chi connectivity index (χ1n) is 16.0. The predicted octanol–water partition coefficient (Wildman–Crippen LogP) is 7.36. The number of carbonyl (C=O) groups is 2. The molecule has 0 radical (unpaired) electrons.